The molecule has 2 rings (SSSR count). The molecule has 0 heterocycles. The van der Waals surface area contributed by atoms with E-state index in [1.54, 1.807) is 0 Å². The zero-order valence-corrected chi connectivity index (χ0v) is 14.2. The molecule has 1 aromatic rings. The molecule has 0 amide bonds. The third kappa shape index (κ3) is 4.77. The van der Waals surface area contributed by atoms with Crippen molar-refractivity contribution in [2.24, 2.45) is 0 Å². The van der Waals surface area contributed by atoms with Crippen molar-refractivity contribution in [2.45, 2.75) is 25.9 Å². The van der Waals surface area contributed by atoms with Gasteiger partial charge in [0.2, 0.25) is 0 Å². The Hall–Kier alpha value is -0.0457. The fourth-order valence-corrected chi connectivity index (χ4v) is 2.09. The van der Waals surface area contributed by atoms with Crippen molar-refractivity contribution < 1.29 is 51.3 Å². The molecule has 0 fully saturated rings. The van der Waals surface area contributed by atoms with Crippen LogP contribution >= 0.6 is 0 Å². The molecule has 1 aliphatic rings. The summed E-state index contributed by atoms with van der Waals surface area (Å²) < 4.78 is 5.95. The first-order valence-corrected chi connectivity index (χ1v) is 5.74. The number of hydrogen-bond donors (Lipinski definition) is 0. The van der Waals surface area contributed by atoms with Crippen LogP contribution in [-0.2, 0) is 32.1 Å². The van der Waals surface area contributed by atoms with Crippen molar-refractivity contribution in [2.75, 3.05) is 6.61 Å². The first-order valence-electron chi connectivity index (χ1n) is 5.74. The van der Waals surface area contributed by atoms with Crippen LogP contribution in [-0.4, -0.2) is 6.61 Å². The molecule has 1 unspecified atom stereocenters. The Kier molecular flexibility index (Phi) is 11.0. The molecule has 4 heteroatoms. The van der Waals surface area contributed by atoms with Crippen LogP contribution in [0.3, 0.4) is 0 Å². The molecule has 0 aliphatic heterocycles. The smallest absolute Gasteiger partial charge is 1.00 e. The van der Waals surface area contributed by atoms with Crippen molar-refractivity contribution in [1.82, 2.24) is 0 Å². The van der Waals surface area contributed by atoms with E-state index in [2.05, 4.69) is 37.3 Å². The van der Waals surface area contributed by atoms with Crippen LogP contribution in [0, 0.1) is 6.08 Å². The van der Waals surface area contributed by atoms with Crippen LogP contribution < -0.4 is 24.8 Å². The van der Waals surface area contributed by atoms with E-state index in [1.807, 2.05) is 25.1 Å². The normalized spacial score (nSPS) is 15.4. The Morgan fingerprint density at radius 3 is 2.32 bits per heavy atom. The van der Waals surface area contributed by atoms with Crippen molar-refractivity contribution in [3.05, 3.63) is 59.7 Å². The maximum atomic E-state index is 5.95. The fraction of sp³-hybridized carbons (Fsp3) is 0.333. The van der Waals surface area contributed by atoms with Crippen molar-refractivity contribution in [3.63, 3.8) is 0 Å². The quantitative estimate of drug-likeness (QED) is 0.443. The molecule has 1 radical (unpaired) electrons. The Morgan fingerprint density at radius 1 is 1.21 bits per heavy atom. The van der Waals surface area contributed by atoms with Gasteiger partial charge in [-0.15, -0.1) is 6.42 Å². The zero-order valence-electron chi connectivity index (χ0n) is 11.1. The number of rotatable bonds is 4. The Bertz CT molecular complexity index is 417. The molecule has 1 nitrogen and oxygen atoms in total. The number of hydrogen-bond acceptors (Lipinski definition) is 1. The average molecular weight is 332 g/mol. The summed E-state index contributed by atoms with van der Waals surface area (Å²) in [6.45, 7) is 4.84. The fourth-order valence-electron chi connectivity index (χ4n) is 2.09. The summed E-state index contributed by atoms with van der Waals surface area (Å²) in [5.41, 5.74) is 1.97. The predicted octanol–water partition coefficient (Wildman–Crippen LogP) is -2.37. The number of halogens is 2. The monoisotopic (exact) mass is 331 g/mol. The largest absolute Gasteiger partial charge is 3.00 e. The summed E-state index contributed by atoms with van der Waals surface area (Å²) in [6, 6.07) is 10.3. The second-order valence-electron chi connectivity index (χ2n) is 4.03. The van der Waals surface area contributed by atoms with E-state index >= 15 is 0 Å². The Balaban J connectivity index is 0. The van der Waals surface area contributed by atoms with Crippen LogP contribution in [0.1, 0.15) is 25.8 Å². The molecule has 1 atom stereocenters. The minimum atomic E-state index is -0.358. The number of allylic oxidation sites excluding steroid dienone is 2. The molecule has 1 aromatic carbocycles. The molecule has 0 bridgehead atoms. The molecule has 0 saturated carbocycles. The minimum Gasteiger partial charge on any atom is -1.00 e. The standard InChI is InChI=1S/C15H17O.2ClH.Ti/c1-3-16-15(2,14-11-7-8-12-14)13-9-5-4-6-10-13;;;/h4-7,9-11H,3,8H2,1-2H3;2*1H;/q-1;;;+3/p-2. The van der Waals surface area contributed by atoms with Crippen LogP contribution in [0.25, 0.3) is 0 Å². The second-order valence-corrected chi connectivity index (χ2v) is 4.03. The van der Waals surface area contributed by atoms with Gasteiger partial charge < -0.3 is 29.6 Å². The molecule has 101 valence electrons. The molecule has 0 N–H and O–H groups in total. The molecular formula is C15H17Cl2OTi. The summed E-state index contributed by atoms with van der Waals surface area (Å²) in [4.78, 5) is 0. The van der Waals surface area contributed by atoms with Gasteiger partial charge in [0, 0.05) is 6.61 Å². The first-order chi connectivity index (χ1) is 7.77. The second kappa shape index (κ2) is 9.79. The van der Waals surface area contributed by atoms with Crippen molar-refractivity contribution in [1.29, 1.82) is 0 Å². The van der Waals surface area contributed by atoms with E-state index in [-0.39, 0.29) is 52.1 Å². The number of ether oxygens (including phenoxy) is 1. The summed E-state index contributed by atoms with van der Waals surface area (Å²) in [7, 11) is 0. The van der Waals surface area contributed by atoms with Gasteiger partial charge in [0.15, 0.2) is 0 Å². The first kappa shape index (κ1) is 21.3. The van der Waals surface area contributed by atoms with E-state index in [0.29, 0.717) is 6.61 Å². The Morgan fingerprint density at radius 2 is 1.84 bits per heavy atom. The maximum Gasteiger partial charge on any atom is 3.00 e. The third-order valence-electron chi connectivity index (χ3n) is 2.97. The van der Waals surface area contributed by atoms with Gasteiger partial charge in [0.25, 0.3) is 0 Å². The Labute approximate surface area is 143 Å². The van der Waals surface area contributed by atoms with Crippen molar-refractivity contribution in [3.8, 4) is 0 Å². The minimum absolute atomic E-state index is 0. The molecule has 0 aromatic heterocycles. The summed E-state index contributed by atoms with van der Waals surface area (Å²) in [5.74, 6) is 0. The summed E-state index contributed by atoms with van der Waals surface area (Å²) >= 11 is 0. The average Bonchev–Trinajstić information content (AvgIpc) is 2.84. The zero-order chi connectivity index (χ0) is 11.4. The van der Waals surface area contributed by atoms with Gasteiger partial charge in [-0.05, 0) is 19.4 Å². The SMILES string of the molecule is CCOC(C)(C1=[C-]CC=C1)c1ccccc1.[Cl-].[Cl-].[Ti+3]. The van der Waals surface area contributed by atoms with E-state index in [4.69, 9.17) is 4.74 Å². The van der Waals surface area contributed by atoms with Crippen LogP contribution in [0.15, 0.2) is 48.1 Å². The van der Waals surface area contributed by atoms with Gasteiger partial charge in [0.1, 0.15) is 0 Å². The molecule has 19 heavy (non-hydrogen) atoms. The molecule has 0 spiro atoms. The van der Waals surface area contributed by atoms with Crippen LogP contribution in [0.5, 0.6) is 0 Å². The van der Waals surface area contributed by atoms with Gasteiger partial charge in [-0.25, -0.2) is 6.08 Å². The molecule has 1 aliphatic carbocycles. The van der Waals surface area contributed by atoms with Gasteiger partial charge in [-0.2, -0.15) is 11.6 Å². The van der Waals surface area contributed by atoms with Gasteiger partial charge >= 0.3 is 21.7 Å². The summed E-state index contributed by atoms with van der Waals surface area (Å²) in [5, 5.41) is 0. The van der Waals surface area contributed by atoms with Gasteiger partial charge in [-0.3, -0.25) is 6.08 Å². The molecular weight excluding hydrogens is 315 g/mol. The topological polar surface area (TPSA) is 9.23 Å². The van der Waals surface area contributed by atoms with E-state index in [9.17, 15) is 0 Å². The third-order valence-corrected chi connectivity index (χ3v) is 2.97. The summed E-state index contributed by atoms with van der Waals surface area (Å²) in [6.07, 6.45) is 8.49. The van der Waals surface area contributed by atoms with Gasteiger partial charge in [-0.1, -0.05) is 30.3 Å². The van der Waals surface area contributed by atoms with Gasteiger partial charge in [0.05, 0.1) is 5.60 Å². The van der Waals surface area contributed by atoms with Crippen LogP contribution in [0.4, 0.5) is 0 Å². The van der Waals surface area contributed by atoms with E-state index in [1.165, 1.54) is 5.56 Å². The van der Waals surface area contributed by atoms with E-state index < -0.39 is 0 Å². The van der Waals surface area contributed by atoms with Crippen LogP contribution in [0.2, 0.25) is 0 Å². The maximum absolute atomic E-state index is 5.95. The predicted molar refractivity (Wildman–Crippen MR) is 65.9 cm³/mol. The van der Waals surface area contributed by atoms with Crippen molar-refractivity contribution >= 4 is 0 Å². The molecule has 0 saturated heterocycles. The number of benzene rings is 1. The van der Waals surface area contributed by atoms with E-state index in [0.717, 1.165) is 12.0 Å².